The smallest absolute Gasteiger partial charge is 0.244 e. The molecule has 126 valence electrons. The molecular formula is C19H20BrNO3. The Morgan fingerprint density at radius 2 is 1.75 bits per heavy atom. The summed E-state index contributed by atoms with van der Waals surface area (Å²) < 4.78 is 11.6. The van der Waals surface area contributed by atoms with Crippen molar-refractivity contribution in [2.75, 3.05) is 14.2 Å². The zero-order valence-electron chi connectivity index (χ0n) is 13.9. The molecule has 0 aliphatic rings. The molecule has 0 heterocycles. The molecule has 0 saturated heterocycles. The topological polar surface area (TPSA) is 47.6 Å². The van der Waals surface area contributed by atoms with Crippen LogP contribution in [0.3, 0.4) is 0 Å². The van der Waals surface area contributed by atoms with Gasteiger partial charge in [-0.15, -0.1) is 0 Å². The summed E-state index contributed by atoms with van der Waals surface area (Å²) >= 11 is 3.44. The van der Waals surface area contributed by atoms with Crippen molar-refractivity contribution < 1.29 is 14.3 Å². The lowest BCUT2D eigenvalue weighted by atomic mass is 10.1. The summed E-state index contributed by atoms with van der Waals surface area (Å²) in [7, 11) is 3.17. The van der Waals surface area contributed by atoms with Crippen LogP contribution < -0.4 is 14.8 Å². The van der Waals surface area contributed by atoms with Gasteiger partial charge in [0.2, 0.25) is 5.91 Å². The first-order valence-corrected chi connectivity index (χ1v) is 8.29. The molecule has 1 unspecified atom stereocenters. The number of hydrogen-bond acceptors (Lipinski definition) is 3. The van der Waals surface area contributed by atoms with Crippen LogP contribution in [-0.4, -0.2) is 20.1 Å². The largest absolute Gasteiger partial charge is 0.496 e. The van der Waals surface area contributed by atoms with Crippen LogP contribution in [0, 0.1) is 0 Å². The van der Waals surface area contributed by atoms with Gasteiger partial charge >= 0.3 is 0 Å². The van der Waals surface area contributed by atoms with Crippen molar-refractivity contribution in [3.05, 3.63) is 64.1 Å². The Morgan fingerprint density at radius 3 is 2.33 bits per heavy atom. The van der Waals surface area contributed by atoms with Crippen LogP contribution in [0.4, 0.5) is 0 Å². The molecule has 1 atom stereocenters. The number of ether oxygens (including phenoxy) is 2. The van der Waals surface area contributed by atoms with Crippen LogP contribution in [0.25, 0.3) is 6.08 Å². The first-order valence-electron chi connectivity index (χ1n) is 7.50. The lowest BCUT2D eigenvalue weighted by Crippen LogP contribution is -2.24. The van der Waals surface area contributed by atoms with Gasteiger partial charge in [0.15, 0.2) is 0 Å². The van der Waals surface area contributed by atoms with E-state index >= 15 is 0 Å². The summed E-state index contributed by atoms with van der Waals surface area (Å²) in [6, 6.07) is 13.2. The molecule has 0 bridgehead atoms. The van der Waals surface area contributed by atoms with E-state index in [9.17, 15) is 4.79 Å². The Labute approximate surface area is 150 Å². The molecule has 5 heteroatoms. The molecule has 0 aliphatic heterocycles. The fourth-order valence-corrected chi connectivity index (χ4v) is 2.74. The highest BCUT2D eigenvalue weighted by atomic mass is 79.9. The SMILES string of the molecule is COc1cccc(OC)c1/C=C/C(=O)NC(C)c1cccc(Br)c1. The highest BCUT2D eigenvalue weighted by Crippen LogP contribution is 2.29. The van der Waals surface area contributed by atoms with Gasteiger partial charge in [-0.3, -0.25) is 4.79 Å². The molecule has 0 aliphatic carbocycles. The maximum atomic E-state index is 12.2. The van der Waals surface area contributed by atoms with E-state index in [1.165, 1.54) is 6.08 Å². The molecule has 24 heavy (non-hydrogen) atoms. The van der Waals surface area contributed by atoms with Crippen molar-refractivity contribution in [3.63, 3.8) is 0 Å². The molecule has 1 amide bonds. The molecule has 0 radical (unpaired) electrons. The monoisotopic (exact) mass is 389 g/mol. The number of methoxy groups -OCH3 is 2. The summed E-state index contributed by atoms with van der Waals surface area (Å²) in [6.07, 6.45) is 3.18. The van der Waals surface area contributed by atoms with E-state index < -0.39 is 0 Å². The van der Waals surface area contributed by atoms with E-state index in [4.69, 9.17) is 9.47 Å². The minimum absolute atomic E-state index is 0.0979. The number of halogens is 1. The predicted octanol–water partition coefficient (Wildman–Crippen LogP) is 4.36. The standard InChI is InChI=1S/C19H20BrNO3/c1-13(14-6-4-7-15(20)12-14)21-19(22)11-10-16-17(23-2)8-5-9-18(16)24-3/h4-13H,1-3H3,(H,21,22)/b11-10+. The van der Waals surface area contributed by atoms with Crippen molar-refractivity contribution in [3.8, 4) is 11.5 Å². The molecule has 2 aromatic rings. The van der Waals surface area contributed by atoms with E-state index in [1.54, 1.807) is 20.3 Å². The van der Waals surface area contributed by atoms with Gasteiger partial charge in [0, 0.05) is 10.5 Å². The van der Waals surface area contributed by atoms with Crippen LogP contribution in [-0.2, 0) is 4.79 Å². The van der Waals surface area contributed by atoms with Gasteiger partial charge in [0.1, 0.15) is 11.5 Å². The van der Waals surface area contributed by atoms with Crippen LogP contribution in [0.5, 0.6) is 11.5 Å². The number of amides is 1. The zero-order valence-corrected chi connectivity index (χ0v) is 15.5. The summed E-state index contributed by atoms with van der Waals surface area (Å²) in [5.41, 5.74) is 1.76. The van der Waals surface area contributed by atoms with Crippen molar-refractivity contribution in [1.82, 2.24) is 5.32 Å². The zero-order chi connectivity index (χ0) is 17.5. The average Bonchev–Trinajstić information content (AvgIpc) is 2.59. The van der Waals surface area contributed by atoms with Gasteiger partial charge in [-0.2, -0.15) is 0 Å². The van der Waals surface area contributed by atoms with Crippen LogP contribution in [0.1, 0.15) is 24.1 Å². The molecule has 2 aromatic carbocycles. The fraction of sp³-hybridized carbons (Fsp3) is 0.211. The van der Waals surface area contributed by atoms with Crippen molar-refractivity contribution in [2.24, 2.45) is 0 Å². The van der Waals surface area contributed by atoms with Gasteiger partial charge in [-0.1, -0.05) is 34.1 Å². The maximum absolute atomic E-state index is 12.2. The van der Waals surface area contributed by atoms with Gasteiger partial charge in [0.05, 0.1) is 25.8 Å². The van der Waals surface area contributed by atoms with E-state index in [-0.39, 0.29) is 11.9 Å². The number of carbonyl (C=O) groups is 1. The summed E-state index contributed by atoms with van der Waals surface area (Å²) in [4.78, 5) is 12.2. The van der Waals surface area contributed by atoms with E-state index in [1.807, 2.05) is 49.4 Å². The van der Waals surface area contributed by atoms with E-state index in [0.29, 0.717) is 11.5 Å². The number of nitrogens with one attached hydrogen (secondary N) is 1. The quantitative estimate of drug-likeness (QED) is 0.746. The predicted molar refractivity (Wildman–Crippen MR) is 99.3 cm³/mol. The van der Waals surface area contributed by atoms with Crippen LogP contribution in [0.2, 0.25) is 0 Å². The Kier molecular flexibility index (Phi) is 6.44. The second-order valence-corrected chi connectivity index (χ2v) is 6.11. The van der Waals surface area contributed by atoms with E-state index in [2.05, 4.69) is 21.2 Å². The number of rotatable bonds is 6. The van der Waals surface area contributed by atoms with Crippen molar-refractivity contribution in [1.29, 1.82) is 0 Å². The minimum Gasteiger partial charge on any atom is -0.496 e. The first-order chi connectivity index (χ1) is 11.5. The molecule has 1 N–H and O–H groups in total. The minimum atomic E-state index is -0.185. The molecule has 4 nitrogen and oxygen atoms in total. The Morgan fingerprint density at radius 1 is 1.12 bits per heavy atom. The second-order valence-electron chi connectivity index (χ2n) is 5.19. The lowest BCUT2D eigenvalue weighted by Gasteiger charge is -2.13. The van der Waals surface area contributed by atoms with Gasteiger partial charge in [-0.25, -0.2) is 0 Å². The maximum Gasteiger partial charge on any atom is 0.244 e. The van der Waals surface area contributed by atoms with Gasteiger partial charge in [-0.05, 0) is 42.8 Å². The highest BCUT2D eigenvalue weighted by Gasteiger charge is 2.10. The van der Waals surface area contributed by atoms with Crippen molar-refractivity contribution >= 4 is 27.9 Å². The summed E-state index contributed by atoms with van der Waals surface area (Å²) in [6.45, 7) is 1.94. The van der Waals surface area contributed by atoms with Gasteiger partial charge in [0.25, 0.3) is 0 Å². The highest BCUT2D eigenvalue weighted by molar-refractivity contribution is 9.10. The average molecular weight is 390 g/mol. The van der Waals surface area contributed by atoms with Crippen molar-refractivity contribution in [2.45, 2.75) is 13.0 Å². The third-order valence-electron chi connectivity index (χ3n) is 3.57. The first kappa shape index (κ1) is 18.1. The molecule has 0 fully saturated rings. The third-order valence-corrected chi connectivity index (χ3v) is 4.07. The molecule has 2 rings (SSSR count). The summed E-state index contributed by atoms with van der Waals surface area (Å²) in [5, 5.41) is 2.94. The third kappa shape index (κ3) is 4.61. The second kappa shape index (κ2) is 8.55. The molecule has 0 spiro atoms. The molecule has 0 aromatic heterocycles. The molecule has 0 saturated carbocycles. The Bertz CT molecular complexity index is 721. The lowest BCUT2D eigenvalue weighted by molar-refractivity contribution is -0.117. The van der Waals surface area contributed by atoms with E-state index in [0.717, 1.165) is 15.6 Å². The number of benzene rings is 2. The Balaban J connectivity index is 2.11. The molecular weight excluding hydrogens is 370 g/mol. The summed E-state index contributed by atoms with van der Waals surface area (Å²) in [5.74, 6) is 1.12. The van der Waals surface area contributed by atoms with Crippen LogP contribution in [0.15, 0.2) is 53.0 Å². The number of hydrogen-bond donors (Lipinski definition) is 1. The normalized spacial score (nSPS) is 12.0. The fourth-order valence-electron chi connectivity index (χ4n) is 2.32. The van der Waals surface area contributed by atoms with Crippen LogP contribution >= 0.6 is 15.9 Å². The number of carbonyl (C=O) groups excluding carboxylic acids is 1. The van der Waals surface area contributed by atoms with Gasteiger partial charge < -0.3 is 14.8 Å². The Hall–Kier alpha value is -2.27.